The lowest BCUT2D eigenvalue weighted by atomic mass is 10.1. The molecule has 0 radical (unpaired) electrons. The van der Waals surface area contributed by atoms with E-state index in [-0.39, 0.29) is 5.91 Å². The molecule has 3 aromatic rings. The average molecular weight is 337 g/mol. The fraction of sp³-hybridized carbons (Fsp3) is 0.250. The molecule has 0 spiro atoms. The third-order valence-electron chi connectivity index (χ3n) is 4.39. The number of nitrogens with zero attached hydrogens (tertiary/aromatic N) is 1. The number of nitrogens with one attached hydrogen (secondary N) is 2. The fourth-order valence-electron chi connectivity index (χ4n) is 2.96. The highest BCUT2D eigenvalue weighted by molar-refractivity contribution is 6.12. The molecular formula is C20H23N3O2. The molecule has 0 saturated carbocycles. The molecule has 1 amide bonds. The number of carbonyl (C=O) groups is 1. The molecule has 130 valence electrons. The standard InChI is InChI=1S/C20H23N3O2/c1-4-23(5-2)15-8-6-14(7-9-15)22-20(24)18-13-21-19-12-16(25-3)10-11-17(18)19/h6-13,21H,4-5H2,1-3H3,(H,22,24). The Kier molecular flexibility index (Phi) is 4.93. The largest absolute Gasteiger partial charge is 0.497 e. The minimum atomic E-state index is -0.132. The van der Waals surface area contributed by atoms with E-state index in [1.807, 2.05) is 42.5 Å². The Labute approximate surface area is 147 Å². The fourth-order valence-corrected chi connectivity index (χ4v) is 2.96. The van der Waals surface area contributed by atoms with Crippen molar-refractivity contribution in [2.45, 2.75) is 13.8 Å². The van der Waals surface area contributed by atoms with E-state index in [4.69, 9.17) is 4.74 Å². The number of H-pyrrole nitrogens is 1. The van der Waals surface area contributed by atoms with Gasteiger partial charge in [-0.25, -0.2) is 0 Å². The van der Waals surface area contributed by atoms with Crippen molar-refractivity contribution >= 4 is 28.2 Å². The maximum absolute atomic E-state index is 12.6. The van der Waals surface area contributed by atoms with Crippen LogP contribution in [0.5, 0.6) is 5.75 Å². The Morgan fingerprint density at radius 3 is 2.48 bits per heavy atom. The molecule has 25 heavy (non-hydrogen) atoms. The number of benzene rings is 2. The molecule has 0 aliphatic rings. The van der Waals surface area contributed by atoms with Gasteiger partial charge in [-0.2, -0.15) is 0 Å². The summed E-state index contributed by atoms with van der Waals surface area (Å²) in [6, 6.07) is 13.6. The molecule has 5 heteroatoms. The first-order valence-corrected chi connectivity index (χ1v) is 8.47. The average Bonchev–Trinajstić information content (AvgIpc) is 3.07. The Hall–Kier alpha value is -2.95. The van der Waals surface area contributed by atoms with E-state index in [0.717, 1.165) is 41.1 Å². The van der Waals surface area contributed by atoms with Crippen molar-refractivity contribution < 1.29 is 9.53 Å². The molecule has 0 unspecified atom stereocenters. The predicted molar refractivity (Wildman–Crippen MR) is 103 cm³/mol. The van der Waals surface area contributed by atoms with Crippen LogP contribution in [0.2, 0.25) is 0 Å². The van der Waals surface area contributed by atoms with E-state index in [9.17, 15) is 4.79 Å². The molecule has 2 aromatic carbocycles. The van der Waals surface area contributed by atoms with Gasteiger partial charge in [0.25, 0.3) is 5.91 Å². The van der Waals surface area contributed by atoms with E-state index < -0.39 is 0 Å². The molecule has 0 aliphatic carbocycles. The number of rotatable bonds is 6. The van der Waals surface area contributed by atoms with Crippen LogP contribution < -0.4 is 15.0 Å². The topological polar surface area (TPSA) is 57.4 Å². The zero-order valence-electron chi connectivity index (χ0n) is 14.8. The maximum atomic E-state index is 12.6. The molecule has 0 bridgehead atoms. The molecule has 2 N–H and O–H groups in total. The van der Waals surface area contributed by atoms with Crippen LogP contribution in [0.1, 0.15) is 24.2 Å². The zero-order valence-corrected chi connectivity index (χ0v) is 14.8. The van der Waals surface area contributed by atoms with E-state index in [2.05, 4.69) is 29.0 Å². The molecule has 0 aliphatic heterocycles. The van der Waals surface area contributed by atoms with Crippen LogP contribution in [0.4, 0.5) is 11.4 Å². The van der Waals surface area contributed by atoms with Crippen molar-refractivity contribution in [1.29, 1.82) is 0 Å². The summed E-state index contributed by atoms with van der Waals surface area (Å²) >= 11 is 0. The molecule has 3 rings (SSSR count). The Morgan fingerprint density at radius 2 is 1.84 bits per heavy atom. The first kappa shape index (κ1) is 16.9. The van der Waals surface area contributed by atoms with Gasteiger partial charge in [-0.3, -0.25) is 4.79 Å². The van der Waals surface area contributed by atoms with Gasteiger partial charge in [0.15, 0.2) is 0 Å². The molecular weight excluding hydrogens is 314 g/mol. The van der Waals surface area contributed by atoms with Crippen LogP contribution in [0.25, 0.3) is 10.9 Å². The highest BCUT2D eigenvalue weighted by Crippen LogP contribution is 2.24. The summed E-state index contributed by atoms with van der Waals surface area (Å²) in [6.45, 7) is 6.18. The van der Waals surface area contributed by atoms with Crippen molar-refractivity contribution in [2.75, 3.05) is 30.4 Å². The second-order valence-corrected chi connectivity index (χ2v) is 5.79. The third-order valence-corrected chi connectivity index (χ3v) is 4.39. The molecule has 1 aromatic heterocycles. The number of carbonyl (C=O) groups excluding carboxylic acids is 1. The van der Waals surface area contributed by atoms with Crippen molar-refractivity contribution in [1.82, 2.24) is 4.98 Å². The Bertz CT molecular complexity index is 864. The summed E-state index contributed by atoms with van der Waals surface area (Å²) < 4.78 is 5.21. The zero-order chi connectivity index (χ0) is 17.8. The Morgan fingerprint density at radius 1 is 1.12 bits per heavy atom. The molecule has 5 nitrogen and oxygen atoms in total. The van der Waals surface area contributed by atoms with E-state index in [1.54, 1.807) is 13.3 Å². The highest BCUT2D eigenvalue weighted by Gasteiger charge is 2.13. The Balaban J connectivity index is 1.78. The summed E-state index contributed by atoms with van der Waals surface area (Å²) in [5, 5.41) is 3.83. The molecule has 0 fully saturated rings. The van der Waals surface area contributed by atoms with Gasteiger partial charge >= 0.3 is 0 Å². The first-order valence-electron chi connectivity index (χ1n) is 8.47. The van der Waals surface area contributed by atoms with Crippen LogP contribution in [0.3, 0.4) is 0 Å². The lowest BCUT2D eigenvalue weighted by Crippen LogP contribution is -2.21. The van der Waals surface area contributed by atoms with Crippen LogP contribution >= 0.6 is 0 Å². The number of aromatic amines is 1. The van der Waals surface area contributed by atoms with Crippen molar-refractivity contribution in [3.63, 3.8) is 0 Å². The van der Waals surface area contributed by atoms with Gasteiger partial charge in [-0.15, -0.1) is 0 Å². The van der Waals surface area contributed by atoms with Crippen molar-refractivity contribution in [3.8, 4) is 5.75 Å². The third kappa shape index (κ3) is 3.45. The van der Waals surface area contributed by atoms with Crippen LogP contribution in [-0.4, -0.2) is 31.1 Å². The van der Waals surface area contributed by atoms with E-state index in [0.29, 0.717) is 5.56 Å². The van der Waals surface area contributed by atoms with E-state index in [1.165, 1.54) is 0 Å². The minimum absolute atomic E-state index is 0.132. The number of anilines is 2. The number of fused-ring (bicyclic) bond motifs is 1. The second-order valence-electron chi connectivity index (χ2n) is 5.79. The summed E-state index contributed by atoms with van der Waals surface area (Å²) in [5.41, 5.74) is 3.43. The highest BCUT2D eigenvalue weighted by atomic mass is 16.5. The van der Waals surface area contributed by atoms with Crippen molar-refractivity contribution in [2.24, 2.45) is 0 Å². The normalized spacial score (nSPS) is 10.7. The van der Waals surface area contributed by atoms with Gasteiger partial charge in [-0.1, -0.05) is 0 Å². The molecule has 1 heterocycles. The van der Waals surface area contributed by atoms with Crippen molar-refractivity contribution in [3.05, 3.63) is 54.2 Å². The summed E-state index contributed by atoms with van der Waals surface area (Å²) in [4.78, 5) is 18.0. The van der Waals surface area contributed by atoms with Gasteiger partial charge in [0.2, 0.25) is 0 Å². The quantitative estimate of drug-likeness (QED) is 0.706. The number of methoxy groups -OCH3 is 1. The van der Waals surface area contributed by atoms with Crippen LogP contribution in [0, 0.1) is 0 Å². The summed E-state index contributed by atoms with van der Waals surface area (Å²) in [6.07, 6.45) is 1.73. The van der Waals surface area contributed by atoms with Gasteiger partial charge in [-0.05, 0) is 50.2 Å². The number of hydrogen-bond donors (Lipinski definition) is 2. The minimum Gasteiger partial charge on any atom is -0.497 e. The number of aromatic nitrogens is 1. The van der Waals surface area contributed by atoms with Crippen LogP contribution in [0.15, 0.2) is 48.7 Å². The van der Waals surface area contributed by atoms with Gasteiger partial charge in [0.1, 0.15) is 5.75 Å². The first-order chi connectivity index (χ1) is 12.2. The van der Waals surface area contributed by atoms with Gasteiger partial charge in [0.05, 0.1) is 12.7 Å². The lowest BCUT2D eigenvalue weighted by molar-refractivity contribution is 0.102. The number of ether oxygens (including phenoxy) is 1. The molecule has 0 saturated heterocycles. The smallest absolute Gasteiger partial charge is 0.257 e. The van der Waals surface area contributed by atoms with Crippen LogP contribution in [-0.2, 0) is 0 Å². The number of amides is 1. The maximum Gasteiger partial charge on any atom is 0.257 e. The predicted octanol–water partition coefficient (Wildman–Crippen LogP) is 4.28. The lowest BCUT2D eigenvalue weighted by Gasteiger charge is -2.21. The van der Waals surface area contributed by atoms with E-state index >= 15 is 0 Å². The second kappa shape index (κ2) is 7.30. The monoisotopic (exact) mass is 337 g/mol. The molecule has 0 atom stereocenters. The number of hydrogen-bond acceptors (Lipinski definition) is 3. The summed E-state index contributed by atoms with van der Waals surface area (Å²) in [7, 11) is 1.62. The SMILES string of the molecule is CCN(CC)c1ccc(NC(=O)c2c[nH]c3cc(OC)ccc23)cc1. The summed E-state index contributed by atoms with van der Waals surface area (Å²) in [5.74, 6) is 0.625. The van der Waals surface area contributed by atoms with Gasteiger partial charge in [0, 0.05) is 47.6 Å². The van der Waals surface area contributed by atoms with Gasteiger partial charge < -0.3 is 19.9 Å².